The third-order valence-electron chi connectivity index (χ3n) is 2.71. The van der Waals surface area contributed by atoms with E-state index in [-0.39, 0.29) is 17.2 Å². The molecule has 0 saturated carbocycles. The number of aliphatic carboxylic acids is 1. The third-order valence-corrected chi connectivity index (χ3v) is 4.47. The van der Waals surface area contributed by atoms with Gasteiger partial charge in [0, 0.05) is 4.47 Å². The van der Waals surface area contributed by atoms with Crippen LogP contribution in [0.3, 0.4) is 0 Å². The number of carboxylic acids is 1. The summed E-state index contributed by atoms with van der Waals surface area (Å²) in [4.78, 5) is 22.2. The van der Waals surface area contributed by atoms with Gasteiger partial charge in [0.1, 0.15) is 11.0 Å². The molecule has 1 unspecified atom stereocenters. The van der Waals surface area contributed by atoms with Crippen LogP contribution in [-0.4, -0.2) is 40.0 Å². The largest absolute Gasteiger partial charge is 0.573 e. The molecule has 1 atom stereocenters. The van der Waals surface area contributed by atoms with Crippen LogP contribution >= 0.6 is 27.7 Å². The molecule has 0 aromatic heterocycles. The lowest BCUT2D eigenvalue weighted by molar-refractivity contribution is -0.274. The Bertz CT molecular complexity index is 755. The molecule has 7 nitrogen and oxygen atoms in total. The first-order valence-electron chi connectivity index (χ1n) is 6.50. The number of hydrogen-bond donors (Lipinski definition) is 2. The molecule has 1 amide bonds. The summed E-state index contributed by atoms with van der Waals surface area (Å²) in [5.41, 5.74) is 0.000541. The van der Waals surface area contributed by atoms with E-state index in [0.29, 0.717) is 4.47 Å². The van der Waals surface area contributed by atoms with E-state index in [1.807, 2.05) is 0 Å². The van der Waals surface area contributed by atoms with Gasteiger partial charge < -0.3 is 15.2 Å². The van der Waals surface area contributed by atoms with E-state index in [2.05, 4.69) is 36.2 Å². The van der Waals surface area contributed by atoms with Crippen LogP contribution in [0.4, 0.5) is 13.2 Å². The molecule has 0 radical (unpaired) electrons. The van der Waals surface area contributed by atoms with Crippen LogP contribution in [0.25, 0.3) is 0 Å². The first-order chi connectivity index (χ1) is 11.7. The molecule has 1 heterocycles. The predicted molar refractivity (Wildman–Crippen MR) is 87.6 cm³/mol. The highest BCUT2D eigenvalue weighted by atomic mass is 79.9. The predicted octanol–water partition coefficient (Wildman–Crippen LogP) is 2.74. The summed E-state index contributed by atoms with van der Waals surface area (Å²) in [6.07, 6.45) is -4.23. The van der Waals surface area contributed by atoms with Crippen LogP contribution in [0, 0.1) is 0 Å². The van der Waals surface area contributed by atoms with Crippen LogP contribution < -0.4 is 10.1 Å². The first kappa shape index (κ1) is 19.2. The highest BCUT2D eigenvalue weighted by Crippen LogP contribution is 2.30. The molecule has 0 spiro atoms. The lowest BCUT2D eigenvalue weighted by Crippen LogP contribution is -2.26. The molecule has 1 saturated heterocycles. The summed E-state index contributed by atoms with van der Waals surface area (Å²) >= 11 is 3.96. The Morgan fingerprint density at radius 1 is 1.48 bits per heavy atom. The highest BCUT2D eigenvalue weighted by molar-refractivity contribution is 9.10. The molecule has 1 aliphatic heterocycles. The number of benzene rings is 1. The fourth-order valence-electron chi connectivity index (χ4n) is 1.74. The molecule has 1 fully saturated rings. The minimum Gasteiger partial charge on any atom is -0.481 e. The van der Waals surface area contributed by atoms with E-state index < -0.39 is 29.2 Å². The number of nitrogens with one attached hydrogen (secondary N) is 1. The Balaban J connectivity index is 2.15. The SMILES string of the molecule is O=C(O)CC1SC(=NN=Cc2c(Br)cccc2OC(F)(F)F)NC1=O. The zero-order valence-electron chi connectivity index (χ0n) is 12.1. The Kier molecular flexibility index (Phi) is 6.06. The van der Waals surface area contributed by atoms with E-state index in [1.165, 1.54) is 12.1 Å². The normalized spacial score (nSPS) is 19.4. The fraction of sp³-hybridized carbons (Fsp3) is 0.231. The number of carboxylic acid groups (broad SMARTS) is 1. The van der Waals surface area contributed by atoms with Crippen LogP contribution in [0.1, 0.15) is 12.0 Å². The number of hydrogen-bond acceptors (Lipinski definition) is 6. The molecule has 12 heteroatoms. The van der Waals surface area contributed by atoms with Gasteiger partial charge in [-0.05, 0) is 28.1 Å². The summed E-state index contributed by atoms with van der Waals surface area (Å²) in [6, 6.07) is 3.96. The topological polar surface area (TPSA) is 100 Å². The lowest BCUT2D eigenvalue weighted by atomic mass is 10.2. The van der Waals surface area contributed by atoms with Crippen molar-refractivity contribution in [2.24, 2.45) is 10.2 Å². The van der Waals surface area contributed by atoms with Crippen LogP contribution in [0.5, 0.6) is 5.75 Å². The minimum absolute atomic E-state index is 0.000541. The van der Waals surface area contributed by atoms with Crippen molar-refractivity contribution >= 4 is 51.0 Å². The molecule has 0 bridgehead atoms. The quantitative estimate of drug-likeness (QED) is 0.542. The van der Waals surface area contributed by atoms with Gasteiger partial charge in [0.05, 0.1) is 18.2 Å². The maximum Gasteiger partial charge on any atom is 0.573 e. The summed E-state index contributed by atoms with van der Waals surface area (Å²) in [5, 5.41) is 17.5. The third kappa shape index (κ3) is 5.74. The Morgan fingerprint density at radius 3 is 2.84 bits per heavy atom. The summed E-state index contributed by atoms with van der Waals surface area (Å²) < 4.78 is 41.4. The number of thioether (sulfide) groups is 1. The number of amides is 1. The van der Waals surface area contributed by atoms with Crippen molar-refractivity contribution in [2.75, 3.05) is 0 Å². The average molecular weight is 440 g/mol. The molecule has 1 aromatic carbocycles. The van der Waals surface area contributed by atoms with Crippen molar-refractivity contribution in [1.29, 1.82) is 0 Å². The Labute approximate surface area is 151 Å². The molecule has 2 rings (SSSR count). The number of carbonyl (C=O) groups is 2. The monoisotopic (exact) mass is 439 g/mol. The number of nitrogens with zero attached hydrogens (tertiary/aromatic N) is 2. The van der Waals surface area contributed by atoms with Gasteiger partial charge in [-0.25, -0.2) is 0 Å². The molecule has 134 valence electrons. The molecule has 1 aliphatic rings. The maximum absolute atomic E-state index is 12.4. The second kappa shape index (κ2) is 7.87. The van der Waals surface area contributed by atoms with Gasteiger partial charge in [-0.3, -0.25) is 9.59 Å². The van der Waals surface area contributed by atoms with Crippen molar-refractivity contribution in [3.05, 3.63) is 28.2 Å². The summed E-state index contributed by atoms with van der Waals surface area (Å²) in [5.74, 6) is -2.14. The summed E-state index contributed by atoms with van der Waals surface area (Å²) in [7, 11) is 0. The van der Waals surface area contributed by atoms with Crippen LogP contribution in [-0.2, 0) is 9.59 Å². The van der Waals surface area contributed by atoms with Gasteiger partial charge in [0.2, 0.25) is 5.91 Å². The zero-order valence-corrected chi connectivity index (χ0v) is 14.5. The number of amidine groups is 1. The maximum atomic E-state index is 12.4. The van der Waals surface area contributed by atoms with Gasteiger partial charge in [-0.1, -0.05) is 17.8 Å². The second-order valence-electron chi connectivity index (χ2n) is 4.54. The molecule has 1 aromatic rings. The van der Waals surface area contributed by atoms with E-state index in [9.17, 15) is 22.8 Å². The van der Waals surface area contributed by atoms with Gasteiger partial charge in [0.25, 0.3) is 0 Å². The highest BCUT2D eigenvalue weighted by Gasteiger charge is 2.33. The van der Waals surface area contributed by atoms with Gasteiger partial charge in [0.15, 0.2) is 5.17 Å². The van der Waals surface area contributed by atoms with Crippen molar-refractivity contribution in [1.82, 2.24) is 5.32 Å². The fourth-order valence-corrected chi connectivity index (χ4v) is 3.11. The number of carbonyl (C=O) groups excluding carboxylic acids is 1. The standard InChI is InChI=1S/C13H9BrF3N3O4S/c14-7-2-1-3-8(24-13(15,16)17)6(7)5-18-20-12-19-11(23)9(25-12)4-10(21)22/h1-3,5,9H,4H2,(H,21,22)(H,19,20,23). The van der Waals surface area contributed by atoms with Crippen molar-refractivity contribution in [3.8, 4) is 5.75 Å². The van der Waals surface area contributed by atoms with Crippen molar-refractivity contribution in [3.63, 3.8) is 0 Å². The van der Waals surface area contributed by atoms with E-state index in [4.69, 9.17) is 5.11 Å². The van der Waals surface area contributed by atoms with Crippen LogP contribution in [0.15, 0.2) is 32.9 Å². The molecule has 25 heavy (non-hydrogen) atoms. The van der Waals surface area contributed by atoms with Crippen molar-refractivity contribution < 1.29 is 32.6 Å². The molecular weight excluding hydrogens is 431 g/mol. The van der Waals surface area contributed by atoms with E-state index in [0.717, 1.165) is 24.0 Å². The van der Waals surface area contributed by atoms with Gasteiger partial charge in [-0.15, -0.1) is 18.3 Å². The molecule has 2 N–H and O–H groups in total. The number of ether oxygens (including phenoxy) is 1. The smallest absolute Gasteiger partial charge is 0.481 e. The average Bonchev–Trinajstić information content (AvgIpc) is 2.80. The van der Waals surface area contributed by atoms with E-state index >= 15 is 0 Å². The summed E-state index contributed by atoms with van der Waals surface area (Å²) in [6.45, 7) is 0. The Hall–Kier alpha value is -2.08. The molecule has 0 aliphatic carbocycles. The number of halogens is 4. The van der Waals surface area contributed by atoms with Gasteiger partial charge in [-0.2, -0.15) is 5.10 Å². The minimum atomic E-state index is -4.87. The lowest BCUT2D eigenvalue weighted by Gasteiger charge is -2.11. The van der Waals surface area contributed by atoms with E-state index in [1.54, 1.807) is 0 Å². The number of alkyl halides is 3. The van der Waals surface area contributed by atoms with Gasteiger partial charge >= 0.3 is 12.3 Å². The van der Waals surface area contributed by atoms with Crippen molar-refractivity contribution in [2.45, 2.75) is 18.0 Å². The van der Waals surface area contributed by atoms with Crippen LogP contribution in [0.2, 0.25) is 0 Å². The molecular formula is C13H9BrF3N3O4S. The zero-order chi connectivity index (χ0) is 18.6. The Morgan fingerprint density at radius 2 is 2.20 bits per heavy atom. The number of rotatable bonds is 5. The second-order valence-corrected chi connectivity index (χ2v) is 6.59. The first-order valence-corrected chi connectivity index (χ1v) is 8.17.